The van der Waals surface area contributed by atoms with Crippen LogP contribution in [0.25, 0.3) is 0 Å². The lowest BCUT2D eigenvalue weighted by Crippen LogP contribution is -2.21. The SMILES string of the molecule is N#C/C(=N\Nc1ccc(O)cc1[N+](=O)[O-])C(=N)N. The first-order valence-electron chi connectivity index (χ1n) is 4.51. The number of aromatic hydroxyl groups is 1. The number of rotatable bonds is 4. The van der Waals surface area contributed by atoms with Gasteiger partial charge in [0.25, 0.3) is 5.69 Å². The second-order valence-corrected chi connectivity index (χ2v) is 3.06. The molecule has 1 aromatic carbocycles. The second-order valence-electron chi connectivity index (χ2n) is 3.06. The molecule has 0 amide bonds. The smallest absolute Gasteiger partial charge is 0.297 e. The summed E-state index contributed by atoms with van der Waals surface area (Å²) >= 11 is 0. The van der Waals surface area contributed by atoms with E-state index in [-0.39, 0.29) is 11.4 Å². The lowest BCUT2D eigenvalue weighted by atomic mass is 10.2. The molecule has 0 bridgehead atoms. The zero-order valence-electron chi connectivity index (χ0n) is 8.91. The average molecular weight is 248 g/mol. The number of amidine groups is 1. The quantitative estimate of drug-likeness (QED) is 0.199. The number of nitro groups is 1. The van der Waals surface area contributed by atoms with Crippen molar-refractivity contribution in [1.82, 2.24) is 0 Å². The number of nitro benzene ring substituents is 1. The summed E-state index contributed by atoms with van der Waals surface area (Å²) in [5.41, 5.74) is 6.44. The maximum atomic E-state index is 10.7. The summed E-state index contributed by atoms with van der Waals surface area (Å²) in [4.78, 5) is 9.97. The standard InChI is InChI=1S/C9H8N6O3/c10-4-7(9(11)12)14-13-6-2-1-5(16)3-8(6)15(17)18/h1-3,13,16H,(H3,11,12)/b14-7+. The fourth-order valence-corrected chi connectivity index (χ4v) is 1.03. The van der Waals surface area contributed by atoms with Crippen LogP contribution in [0.4, 0.5) is 11.4 Å². The Hall–Kier alpha value is -3.15. The van der Waals surface area contributed by atoms with E-state index in [1.807, 2.05) is 0 Å². The summed E-state index contributed by atoms with van der Waals surface area (Å²) in [6.07, 6.45) is 0. The van der Waals surface area contributed by atoms with Crippen molar-refractivity contribution in [2.24, 2.45) is 10.8 Å². The molecular formula is C9H8N6O3. The molecule has 5 N–H and O–H groups in total. The molecule has 92 valence electrons. The van der Waals surface area contributed by atoms with Crippen LogP contribution in [0.1, 0.15) is 0 Å². The van der Waals surface area contributed by atoms with E-state index in [1.54, 1.807) is 6.07 Å². The first kappa shape index (κ1) is 12.9. The van der Waals surface area contributed by atoms with Gasteiger partial charge in [-0.05, 0) is 12.1 Å². The second kappa shape index (κ2) is 5.26. The number of nitriles is 1. The van der Waals surface area contributed by atoms with Gasteiger partial charge in [0.15, 0.2) is 5.84 Å². The summed E-state index contributed by atoms with van der Waals surface area (Å²) in [7, 11) is 0. The molecule has 0 saturated carbocycles. The Morgan fingerprint density at radius 3 is 2.83 bits per heavy atom. The van der Waals surface area contributed by atoms with Gasteiger partial charge in [-0.15, -0.1) is 0 Å². The molecule has 0 saturated heterocycles. The first-order valence-corrected chi connectivity index (χ1v) is 4.51. The summed E-state index contributed by atoms with van der Waals surface area (Å²) in [6, 6.07) is 4.91. The molecule has 0 fully saturated rings. The molecule has 18 heavy (non-hydrogen) atoms. The van der Waals surface area contributed by atoms with Crippen molar-refractivity contribution in [2.45, 2.75) is 0 Å². The van der Waals surface area contributed by atoms with Gasteiger partial charge in [-0.3, -0.25) is 20.9 Å². The molecule has 0 heterocycles. The van der Waals surface area contributed by atoms with Crippen LogP contribution in [0, 0.1) is 26.9 Å². The van der Waals surface area contributed by atoms with Crippen molar-refractivity contribution in [3.8, 4) is 11.8 Å². The van der Waals surface area contributed by atoms with E-state index >= 15 is 0 Å². The number of benzene rings is 1. The van der Waals surface area contributed by atoms with E-state index in [2.05, 4.69) is 10.5 Å². The Labute approximate surface area is 101 Å². The predicted molar refractivity (Wildman–Crippen MR) is 63.3 cm³/mol. The van der Waals surface area contributed by atoms with Crippen LogP contribution in [0.2, 0.25) is 0 Å². The number of nitrogens with two attached hydrogens (primary N) is 1. The summed E-state index contributed by atoms with van der Waals surface area (Å²) < 4.78 is 0. The Kier molecular flexibility index (Phi) is 3.78. The van der Waals surface area contributed by atoms with Gasteiger partial charge >= 0.3 is 0 Å². The lowest BCUT2D eigenvalue weighted by molar-refractivity contribution is -0.384. The Bertz CT molecular complexity index is 574. The van der Waals surface area contributed by atoms with Crippen LogP contribution in [0.5, 0.6) is 5.75 Å². The molecule has 0 radical (unpaired) electrons. The lowest BCUT2D eigenvalue weighted by Gasteiger charge is -2.02. The zero-order valence-corrected chi connectivity index (χ0v) is 8.91. The summed E-state index contributed by atoms with van der Waals surface area (Å²) in [5.74, 6) is -0.838. The maximum absolute atomic E-state index is 10.7. The number of phenolic OH excluding ortho intramolecular Hbond substituents is 1. The van der Waals surface area contributed by atoms with Gasteiger partial charge in [-0.1, -0.05) is 0 Å². The minimum absolute atomic E-state index is 0.0354. The minimum Gasteiger partial charge on any atom is -0.508 e. The van der Waals surface area contributed by atoms with Gasteiger partial charge < -0.3 is 10.8 Å². The number of phenols is 1. The molecular weight excluding hydrogens is 240 g/mol. The molecule has 0 aromatic heterocycles. The van der Waals surface area contributed by atoms with Crippen LogP contribution < -0.4 is 11.2 Å². The number of anilines is 1. The Morgan fingerprint density at radius 2 is 2.33 bits per heavy atom. The van der Waals surface area contributed by atoms with Gasteiger partial charge in [0, 0.05) is 0 Å². The fraction of sp³-hybridized carbons (Fsp3) is 0. The highest BCUT2D eigenvalue weighted by Gasteiger charge is 2.14. The van der Waals surface area contributed by atoms with Crippen molar-refractivity contribution in [2.75, 3.05) is 5.43 Å². The van der Waals surface area contributed by atoms with Crippen molar-refractivity contribution >= 4 is 22.9 Å². The molecule has 0 aliphatic carbocycles. The Morgan fingerprint density at radius 1 is 1.67 bits per heavy atom. The van der Waals surface area contributed by atoms with E-state index in [4.69, 9.17) is 21.5 Å². The highest BCUT2D eigenvalue weighted by Crippen LogP contribution is 2.28. The molecule has 9 nitrogen and oxygen atoms in total. The molecule has 0 aliphatic rings. The molecule has 0 aliphatic heterocycles. The number of hydrazone groups is 1. The third-order valence-corrected chi connectivity index (χ3v) is 1.83. The highest BCUT2D eigenvalue weighted by atomic mass is 16.6. The van der Waals surface area contributed by atoms with Crippen molar-refractivity contribution in [3.05, 3.63) is 28.3 Å². The number of nitrogens with one attached hydrogen (secondary N) is 2. The summed E-state index contributed by atoms with van der Waals surface area (Å²) in [6.45, 7) is 0. The molecule has 1 aromatic rings. The highest BCUT2D eigenvalue weighted by molar-refractivity contribution is 6.45. The van der Waals surface area contributed by atoms with Gasteiger partial charge in [-0.25, -0.2) is 0 Å². The van der Waals surface area contributed by atoms with Gasteiger partial charge in [0.2, 0.25) is 5.71 Å². The number of hydrogen-bond acceptors (Lipinski definition) is 7. The first-order chi connectivity index (χ1) is 8.45. The largest absolute Gasteiger partial charge is 0.508 e. The van der Waals surface area contributed by atoms with Crippen LogP contribution in [-0.4, -0.2) is 21.6 Å². The minimum atomic E-state index is -0.725. The zero-order chi connectivity index (χ0) is 13.7. The molecule has 0 spiro atoms. The Balaban J connectivity index is 3.09. The number of hydrogen-bond donors (Lipinski definition) is 4. The molecule has 1 rings (SSSR count). The van der Waals surface area contributed by atoms with E-state index in [9.17, 15) is 10.1 Å². The van der Waals surface area contributed by atoms with E-state index < -0.39 is 22.2 Å². The van der Waals surface area contributed by atoms with Crippen LogP contribution >= 0.6 is 0 Å². The normalized spacial score (nSPS) is 10.5. The van der Waals surface area contributed by atoms with E-state index in [0.29, 0.717) is 0 Å². The number of nitrogens with zero attached hydrogens (tertiary/aromatic N) is 3. The van der Waals surface area contributed by atoms with Crippen LogP contribution in [-0.2, 0) is 0 Å². The van der Waals surface area contributed by atoms with Crippen LogP contribution in [0.15, 0.2) is 23.3 Å². The fourth-order valence-electron chi connectivity index (χ4n) is 1.03. The van der Waals surface area contributed by atoms with E-state index in [1.165, 1.54) is 12.1 Å². The molecule has 0 unspecified atom stereocenters. The van der Waals surface area contributed by atoms with Crippen molar-refractivity contribution in [3.63, 3.8) is 0 Å². The predicted octanol–water partition coefficient (Wildman–Crippen LogP) is 0.528. The van der Waals surface area contributed by atoms with Gasteiger partial charge in [-0.2, -0.15) is 10.4 Å². The molecule has 0 atom stereocenters. The van der Waals surface area contributed by atoms with Crippen molar-refractivity contribution in [1.29, 1.82) is 10.7 Å². The topological polar surface area (TPSA) is 161 Å². The monoisotopic (exact) mass is 248 g/mol. The summed E-state index contributed by atoms with van der Waals surface area (Å²) in [5, 5.41) is 38.9. The third-order valence-electron chi connectivity index (χ3n) is 1.83. The van der Waals surface area contributed by atoms with E-state index in [0.717, 1.165) is 6.07 Å². The maximum Gasteiger partial charge on any atom is 0.297 e. The molecule has 9 heteroatoms. The van der Waals surface area contributed by atoms with Gasteiger partial charge in [0.05, 0.1) is 11.0 Å². The van der Waals surface area contributed by atoms with Crippen molar-refractivity contribution < 1.29 is 10.0 Å². The van der Waals surface area contributed by atoms with Crippen LogP contribution in [0.3, 0.4) is 0 Å². The average Bonchev–Trinajstić information content (AvgIpc) is 2.30. The third kappa shape index (κ3) is 2.92. The van der Waals surface area contributed by atoms with Gasteiger partial charge in [0.1, 0.15) is 17.5 Å².